The van der Waals surface area contributed by atoms with Gasteiger partial charge >= 0.3 is 0 Å². The molecule has 0 saturated carbocycles. The van der Waals surface area contributed by atoms with Crippen molar-refractivity contribution in [2.24, 2.45) is 0 Å². The fourth-order valence-corrected chi connectivity index (χ4v) is 5.89. The molecule has 1 saturated heterocycles. The van der Waals surface area contributed by atoms with Crippen molar-refractivity contribution in [1.82, 2.24) is 4.90 Å². The Bertz CT molecular complexity index is 1400. The minimum atomic E-state index is -0.685. The number of benzene rings is 4. The van der Waals surface area contributed by atoms with Gasteiger partial charge in [0.15, 0.2) is 0 Å². The van der Waals surface area contributed by atoms with E-state index in [9.17, 15) is 10.4 Å². The molecule has 4 heteroatoms. The van der Waals surface area contributed by atoms with Crippen LogP contribution in [-0.4, -0.2) is 34.7 Å². The summed E-state index contributed by atoms with van der Waals surface area (Å²) >= 11 is 0. The number of rotatable bonds is 10. The summed E-state index contributed by atoms with van der Waals surface area (Å²) in [5.41, 5.74) is 4.54. The summed E-state index contributed by atoms with van der Waals surface area (Å²) in [5, 5.41) is 20.4. The molecule has 4 aromatic carbocycles. The SMILES string of the molecule is CC(C)(CCC(C#N)(c1ccccc1)c1ccccc1)N1CCC(OCc2cccc(-c3cccc(O)c3)c2)C1. The lowest BCUT2D eigenvalue weighted by molar-refractivity contribution is 0.0341. The predicted molar refractivity (Wildman–Crippen MR) is 161 cm³/mol. The van der Waals surface area contributed by atoms with Crippen molar-refractivity contribution in [2.75, 3.05) is 13.1 Å². The molecule has 1 aliphatic rings. The first-order valence-electron chi connectivity index (χ1n) is 14.2. The Morgan fingerprint density at radius 2 is 1.45 bits per heavy atom. The van der Waals surface area contributed by atoms with Crippen LogP contribution in [0.3, 0.4) is 0 Å². The lowest BCUT2D eigenvalue weighted by Crippen LogP contribution is -2.44. The van der Waals surface area contributed by atoms with Gasteiger partial charge in [0.1, 0.15) is 11.2 Å². The highest BCUT2D eigenvalue weighted by molar-refractivity contribution is 5.65. The number of nitrogens with zero attached hydrogens (tertiary/aromatic N) is 2. The van der Waals surface area contributed by atoms with Crippen molar-refractivity contribution >= 4 is 0 Å². The highest BCUT2D eigenvalue weighted by Gasteiger charge is 2.39. The molecule has 0 bridgehead atoms. The molecule has 0 aromatic heterocycles. The van der Waals surface area contributed by atoms with Crippen molar-refractivity contribution in [2.45, 2.75) is 56.8 Å². The standard InChI is InChI=1S/C36H38N2O2/c1-35(2,20-21-36(27-37,31-14-5-3-6-15-31)32-16-7-4-8-17-32)38-22-19-34(25-38)40-26-28-11-9-12-29(23-28)30-13-10-18-33(39)24-30/h3-18,23-24,34,39H,19-22,25-26H2,1-2H3. The first-order valence-corrected chi connectivity index (χ1v) is 14.2. The maximum absolute atomic E-state index is 10.6. The van der Waals surface area contributed by atoms with E-state index in [4.69, 9.17) is 4.74 Å². The number of ether oxygens (including phenoxy) is 1. The van der Waals surface area contributed by atoms with Gasteiger partial charge in [-0.25, -0.2) is 0 Å². The van der Waals surface area contributed by atoms with E-state index in [1.807, 2.05) is 54.6 Å². The van der Waals surface area contributed by atoms with Crippen molar-refractivity contribution in [3.05, 3.63) is 126 Å². The number of hydrogen-bond acceptors (Lipinski definition) is 4. The second-order valence-electron chi connectivity index (χ2n) is 11.5. The monoisotopic (exact) mass is 530 g/mol. The Kier molecular flexibility index (Phi) is 8.35. The summed E-state index contributed by atoms with van der Waals surface area (Å²) < 4.78 is 6.39. The van der Waals surface area contributed by atoms with E-state index in [-0.39, 0.29) is 17.4 Å². The average Bonchev–Trinajstić information content (AvgIpc) is 3.48. The van der Waals surface area contributed by atoms with Crippen LogP contribution in [0.1, 0.15) is 49.8 Å². The summed E-state index contributed by atoms with van der Waals surface area (Å²) in [5.74, 6) is 0.271. The van der Waals surface area contributed by atoms with E-state index in [0.29, 0.717) is 6.61 Å². The third kappa shape index (κ3) is 6.12. The normalized spacial score (nSPS) is 16.1. The largest absolute Gasteiger partial charge is 0.508 e. The molecule has 1 atom stereocenters. The van der Waals surface area contributed by atoms with Gasteiger partial charge < -0.3 is 9.84 Å². The van der Waals surface area contributed by atoms with Gasteiger partial charge in [0.05, 0.1) is 18.8 Å². The van der Waals surface area contributed by atoms with Crippen LogP contribution in [0.4, 0.5) is 0 Å². The molecule has 0 radical (unpaired) electrons. The van der Waals surface area contributed by atoms with Crippen LogP contribution in [0.5, 0.6) is 5.75 Å². The molecular formula is C36H38N2O2. The van der Waals surface area contributed by atoms with Gasteiger partial charge in [-0.1, -0.05) is 91.0 Å². The van der Waals surface area contributed by atoms with Crippen LogP contribution < -0.4 is 0 Å². The topological polar surface area (TPSA) is 56.5 Å². The number of nitriles is 1. The van der Waals surface area contributed by atoms with Gasteiger partial charge in [-0.3, -0.25) is 4.90 Å². The molecular weight excluding hydrogens is 492 g/mol. The van der Waals surface area contributed by atoms with Crippen molar-refractivity contribution in [1.29, 1.82) is 5.26 Å². The van der Waals surface area contributed by atoms with Crippen LogP contribution in [0.2, 0.25) is 0 Å². The summed E-state index contributed by atoms with van der Waals surface area (Å²) in [6.45, 7) is 7.02. The van der Waals surface area contributed by atoms with Crippen LogP contribution in [0.15, 0.2) is 109 Å². The van der Waals surface area contributed by atoms with Crippen LogP contribution in [0.25, 0.3) is 11.1 Å². The predicted octanol–water partition coefficient (Wildman–Crippen LogP) is 7.72. The van der Waals surface area contributed by atoms with Gasteiger partial charge in [-0.2, -0.15) is 5.26 Å². The Morgan fingerprint density at radius 3 is 2.08 bits per heavy atom. The molecule has 1 fully saturated rings. The zero-order valence-electron chi connectivity index (χ0n) is 23.5. The van der Waals surface area contributed by atoms with Crippen molar-refractivity contribution in [3.8, 4) is 22.9 Å². The molecule has 5 rings (SSSR count). The molecule has 0 aliphatic carbocycles. The molecule has 0 spiro atoms. The molecule has 1 unspecified atom stereocenters. The van der Waals surface area contributed by atoms with Gasteiger partial charge in [0, 0.05) is 18.6 Å². The molecule has 1 heterocycles. The Labute approximate surface area is 238 Å². The first kappa shape index (κ1) is 27.6. The van der Waals surface area contributed by atoms with Crippen molar-refractivity contribution in [3.63, 3.8) is 0 Å². The lowest BCUT2D eigenvalue weighted by Gasteiger charge is -2.38. The second kappa shape index (κ2) is 12.1. The maximum atomic E-state index is 10.6. The van der Waals surface area contributed by atoms with E-state index in [0.717, 1.165) is 60.2 Å². The van der Waals surface area contributed by atoms with Gasteiger partial charge in [-0.05, 0) is 79.1 Å². The van der Waals surface area contributed by atoms with E-state index in [2.05, 4.69) is 67.3 Å². The third-order valence-electron chi connectivity index (χ3n) is 8.43. The molecule has 1 N–H and O–H groups in total. The molecule has 4 nitrogen and oxygen atoms in total. The maximum Gasteiger partial charge on any atom is 0.116 e. The quantitative estimate of drug-likeness (QED) is 0.228. The Hall–Kier alpha value is -3.91. The lowest BCUT2D eigenvalue weighted by atomic mass is 9.70. The Balaban J connectivity index is 1.23. The third-order valence-corrected chi connectivity index (χ3v) is 8.43. The van der Waals surface area contributed by atoms with E-state index in [1.165, 1.54) is 0 Å². The van der Waals surface area contributed by atoms with Crippen molar-refractivity contribution < 1.29 is 9.84 Å². The van der Waals surface area contributed by atoms with Crippen LogP contribution in [-0.2, 0) is 16.8 Å². The van der Waals surface area contributed by atoms with E-state index >= 15 is 0 Å². The number of aromatic hydroxyl groups is 1. The highest BCUT2D eigenvalue weighted by atomic mass is 16.5. The van der Waals surface area contributed by atoms with Gasteiger partial charge in [0.2, 0.25) is 0 Å². The summed E-state index contributed by atoms with van der Waals surface area (Å²) in [7, 11) is 0. The fourth-order valence-electron chi connectivity index (χ4n) is 5.89. The minimum Gasteiger partial charge on any atom is -0.508 e. The van der Waals surface area contributed by atoms with Gasteiger partial charge in [0.25, 0.3) is 0 Å². The van der Waals surface area contributed by atoms with Crippen LogP contribution >= 0.6 is 0 Å². The summed E-state index contributed by atoms with van der Waals surface area (Å²) in [6, 6.07) is 38.8. The fraction of sp³-hybridized carbons (Fsp3) is 0.306. The first-order chi connectivity index (χ1) is 19.4. The number of hydrogen-bond donors (Lipinski definition) is 1. The second-order valence-corrected chi connectivity index (χ2v) is 11.5. The summed E-state index contributed by atoms with van der Waals surface area (Å²) in [6.07, 6.45) is 2.81. The zero-order chi connectivity index (χ0) is 28.0. The zero-order valence-corrected chi connectivity index (χ0v) is 23.5. The molecule has 204 valence electrons. The van der Waals surface area contributed by atoms with E-state index in [1.54, 1.807) is 12.1 Å². The summed E-state index contributed by atoms with van der Waals surface area (Å²) in [4.78, 5) is 2.53. The molecule has 1 aliphatic heterocycles. The van der Waals surface area contributed by atoms with Gasteiger partial charge in [-0.15, -0.1) is 0 Å². The molecule has 0 amide bonds. The highest BCUT2D eigenvalue weighted by Crippen LogP contribution is 2.39. The minimum absolute atomic E-state index is 0.0704. The number of likely N-dealkylation sites (tertiary alicyclic amines) is 1. The van der Waals surface area contributed by atoms with Crippen LogP contribution in [0, 0.1) is 11.3 Å². The number of phenolic OH excluding ortho intramolecular Hbond substituents is 1. The Morgan fingerprint density at radius 1 is 0.825 bits per heavy atom. The molecule has 4 aromatic rings. The number of phenols is 1. The van der Waals surface area contributed by atoms with E-state index < -0.39 is 5.41 Å². The molecule has 40 heavy (non-hydrogen) atoms. The smallest absolute Gasteiger partial charge is 0.116 e. The average molecular weight is 531 g/mol.